The second kappa shape index (κ2) is 8.89. The van der Waals surface area contributed by atoms with Crippen LogP contribution in [0.1, 0.15) is 17.0 Å². The van der Waals surface area contributed by atoms with Gasteiger partial charge in [-0.3, -0.25) is 4.99 Å². The molecular weight excluding hydrogens is 366 g/mol. The summed E-state index contributed by atoms with van der Waals surface area (Å²) in [6, 6.07) is 21.1. The molecule has 2 N–H and O–H groups in total. The van der Waals surface area contributed by atoms with Gasteiger partial charge in [-0.2, -0.15) is 0 Å². The number of guanidine groups is 1. The van der Waals surface area contributed by atoms with Crippen molar-refractivity contribution in [2.24, 2.45) is 10.7 Å². The highest BCUT2D eigenvalue weighted by Crippen LogP contribution is 2.25. The number of piperazine rings is 1. The second-order valence-corrected chi connectivity index (χ2v) is 7.73. The van der Waals surface area contributed by atoms with E-state index < -0.39 is 0 Å². The largest absolute Gasteiger partial charge is 0.370 e. The third-order valence-corrected chi connectivity index (χ3v) is 5.97. The zero-order valence-electron chi connectivity index (χ0n) is 15.8. The second-order valence-electron chi connectivity index (χ2n) is 6.86. The molecule has 1 aliphatic rings. The number of hydrogen-bond acceptors (Lipinski definition) is 4. The highest BCUT2D eigenvalue weighted by atomic mass is 32.1. The number of anilines is 1. The van der Waals surface area contributed by atoms with Crippen LogP contribution in [0.3, 0.4) is 0 Å². The molecule has 0 unspecified atom stereocenters. The normalized spacial score (nSPS) is 15.2. The number of hydrogen-bond donors (Lipinski definition) is 1. The summed E-state index contributed by atoms with van der Waals surface area (Å²) >= 11 is 1.68. The molecule has 0 saturated carbocycles. The summed E-state index contributed by atoms with van der Waals surface area (Å²) in [5.41, 5.74) is 8.89. The number of thiazole rings is 1. The van der Waals surface area contributed by atoms with E-state index in [0.29, 0.717) is 12.5 Å². The van der Waals surface area contributed by atoms with Crippen LogP contribution in [0.5, 0.6) is 0 Å². The Balaban J connectivity index is 1.43. The predicted octanol–water partition coefficient (Wildman–Crippen LogP) is 3.41. The van der Waals surface area contributed by atoms with E-state index in [1.165, 1.54) is 11.1 Å². The van der Waals surface area contributed by atoms with Crippen LogP contribution < -0.4 is 10.6 Å². The lowest BCUT2D eigenvalue weighted by atomic mass is 9.91. The zero-order chi connectivity index (χ0) is 19.2. The van der Waals surface area contributed by atoms with Crippen LogP contribution in [0.2, 0.25) is 0 Å². The van der Waals surface area contributed by atoms with Gasteiger partial charge in [0.15, 0.2) is 11.1 Å². The summed E-state index contributed by atoms with van der Waals surface area (Å²) in [6.07, 6.45) is 1.86. The van der Waals surface area contributed by atoms with Gasteiger partial charge in [0, 0.05) is 43.7 Å². The third kappa shape index (κ3) is 4.34. The number of nitrogens with two attached hydrogens (primary N) is 1. The minimum absolute atomic E-state index is 0.206. The highest BCUT2D eigenvalue weighted by molar-refractivity contribution is 7.13. The molecule has 0 amide bonds. The van der Waals surface area contributed by atoms with E-state index in [-0.39, 0.29) is 5.92 Å². The molecule has 1 saturated heterocycles. The van der Waals surface area contributed by atoms with Crippen LogP contribution in [0, 0.1) is 0 Å². The van der Waals surface area contributed by atoms with Gasteiger partial charge in [-0.1, -0.05) is 60.7 Å². The maximum absolute atomic E-state index is 6.36. The third-order valence-electron chi connectivity index (χ3n) is 5.13. The molecule has 0 aliphatic carbocycles. The molecule has 1 aromatic heterocycles. The van der Waals surface area contributed by atoms with Crippen molar-refractivity contribution in [1.82, 2.24) is 9.88 Å². The summed E-state index contributed by atoms with van der Waals surface area (Å²) in [5.74, 6) is 0.841. The van der Waals surface area contributed by atoms with Crippen LogP contribution in [-0.4, -0.2) is 48.6 Å². The minimum atomic E-state index is 0.206. The molecule has 0 radical (unpaired) electrons. The molecule has 4 rings (SSSR count). The smallest absolute Gasteiger partial charge is 0.191 e. The van der Waals surface area contributed by atoms with E-state index in [9.17, 15) is 0 Å². The van der Waals surface area contributed by atoms with E-state index in [0.717, 1.165) is 31.3 Å². The lowest BCUT2D eigenvalue weighted by Crippen LogP contribution is -2.51. The Morgan fingerprint density at radius 1 is 0.964 bits per heavy atom. The summed E-state index contributed by atoms with van der Waals surface area (Å²) in [5, 5.41) is 3.11. The average molecular weight is 392 g/mol. The molecular formula is C22H25N5S. The van der Waals surface area contributed by atoms with Crippen LogP contribution in [0.25, 0.3) is 0 Å². The number of aliphatic imine (C=N–C) groups is 1. The van der Waals surface area contributed by atoms with Crippen LogP contribution in [0.15, 0.2) is 77.2 Å². The Hall–Kier alpha value is -2.86. The molecule has 0 bridgehead atoms. The summed E-state index contributed by atoms with van der Waals surface area (Å²) in [4.78, 5) is 13.7. The summed E-state index contributed by atoms with van der Waals surface area (Å²) in [7, 11) is 0. The first kappa shape index (κ1) is 18.5. The van der Waals surface area contributed by atoms with E-state index in [1.807, 2.05) is 23.7 Å². The Labute approximate surface area is 170 Å². The van der Waals surface area contributed by atoms with Gasteiger partial charge in [0.1, 0.15) is 0 Å². The molecule has 28 heavy (non-hydrogen) atoms. The van der Waals surface area contributed by atoms with Gasteiger partial charge in [-0.25, -0.2) is 4.98 Å². The molecule has 1 aliphatic heterocycles. The van der Waals surface area contributed by atoms with Crippen molar-refractivity contribution in [3.63, 3.8) is 0 Å². The molecule has 2 aromatic carbocycles. The van der Waals surface area contributed by atoms with Gasteiger partial charge in [0.2, 0.25) is 0 Å². The molecule has 6 heteroatoms. The Kier molecular flexibility index (Phi) is 5.87. The number of rotatable bonds is 5. The minimum Gasteiger partial charge on any atom is -0.370 e. The van der Waals surface area contributed by atoms with Crippen molar-refractivity contribution >= 4 is 22.4 Å². The van der Waals surface area contributed by atoms with Crippen molar-refractivity contribution in [1.29, 1.82) is 0 Å². The van der Waals surface area contributed by atoms with E-state index in [4.69, 9.17) is 10.7 Å². The molecule has 5 nitrogen and oxygen atoms in total. The first-order chi connectivity index (χ1) is 13.8. The molecule has 0 atom stereocenters. The fourth-order valence-corrected chi connectivity index (χ4v) is 4.25. The maximum Gasteiger partial charge on any atom is 0.191 e. The van der Waals surface area contributed by atoms with Gasteiger partial charge in [0.25, 0.3) is 0 Å². The molecule has 2 heterocycles. The monoisotopic (exact) mass is 391 g/mol. The Morgan fingerprint density at radius 3 is 2.11 bits per heavy atom. The topological polar surface area (TPSA) is 57.8 Å². The summed E-state index contributed by atoms with van der Waals surface area (Å²) in [6.45, 7) is 4.23. The zero-order valence-corrected chi connectivity index (χ0v) is 16.6. The number of nitrogens with zero attached hydrogens (tertiary/aromatic N) is 4. The van der Waals surface area contributed by atoms with Crippen LogP contribution >= 0.6 is 11.3 Å². The van der Waals surface area contributed by atoms with Crippen molar-refractivity contribution in [3.05, 3.63) is 83.4 Å². The first-order valence-corrected chi connectivity index (χ1v) is 10.5. The quantitative estimate of drug-likeness (QED) is 0.535. The lowest BCUT2D eigenvalue weighted by molar-refractivity contribution is 0.380. The molecule has 144 valence electrons. The van der Waals surface area contributed by atoms with Gasteiger partial charge < -0.3 is 15.5 Å². The summed E-state index contributed by atoms with van der Waals surface area (Å²) < 4.78 is 0. The fraction of sp³-hybridized carbons (Fsp3) is 0.273. The van der Waals surface area contributed by atoms with Crippen molar-refractivity contribution in [3.8, 4) is 0 Å². The van der Waals surface area contributed by atoms with E-state index >= 15 is 0 Å². The highest BCUT2D eigenvalue weighted by Gasteiger charge is 2.20. The molecule has 0 spiro atoms. The standard InChI is InChI=1S/C22H25N5S/c23-21(26-12-14-27(15-13-26)22-24-11-16-28-22)25-17-20(18-7-3-1-4-8-18)19-9-5-2-6-10-19/h1-11,16,20H,12-15,17H2,(H2,23,25). The van der Waals surface area contributed by atoms with Gasteiger partial charge in [-0.15, -0.1) is 11.3 Å². The average Bonchev–Trinajstić information content (AvgIpc) is 3.30. The molecule has 3 aromatic rings. The van der Waals surface area contributed by atoms with Crippen molar-refractivity contribution in [2.45, 2.75) is 5.92 Å². The lowest BCUT2D eigenvalue weighted by Gasteiger charge is -2.35. The number of aromatic nitrogens is 1. The van der Waals surface area contributed by atoms with Gasteiger partial charge >= 0.3 is 0 Å². The fourth-order valence-electron chi connectivity index (χ4n) is 3.56. The van der Waals surface area contributed by atoms with Gasteiger partial charge in [-0.05, 0) is 11.1 Å². The number of benzene rings is 2. The molecule has 1 fully saturated rings. The van der Waals surface area contributed by atoms with Crippen molar-refractivity contribution < 1.29 is 0 Å². The van der Waals surface area contributed by atoms with E-state index in [1.54, 1.807) is 11.3 Å². The van der Waals surface area contributed by atoms with Crippen LogP contribution in [0.4, 0.5) is 5.13 Å². The maximum atomic E-state index is 6.36. The van der Waals surface area contributed by atoms with Crippen LogP contribution in [-0.2, 0) is 0 Å². The Morgan fingerprint density at radius 2 is 1.57 bits per heavy atom. The SMILES string of the molecule is NC(=NCC(c1ccccc1)c1ccccc1)N1CCN(c2nccs2)CC1. The van der Waals surface area contributed by atoms with Crippen molar-refractivity contribution in [2.75, 3.05) is 37.6 Å². The predicted molar refractivity (Wildman–Crippen MR) is 117 cm³/mol. The van der Waals surface area contributed by atoms with E-state index in [2.05, 4.69) is 63.3 Å². The van der Waals surface area contributed by atoms with Gasteiger partial charge in [0.05, 0.1) is 6.54 Å². The Bertz CT molecular complexity index is 832. The first-order valence-electron chi connectivity index (χ1n) is 9.60.